The van der Waals surface area contributed by atoms with Gasteiger partial charge in [-0.2, -0.15) is 0 Å². The molecule has 3 rings (SSSR count). The van der Waals surface area contributed by atoms with Crippen LogP contribution < -0.4 is 5.32 Å². The number of benzene rings is 1. The van der Waals surface area contributed by atoms with Crippen LogP contribution in [0.2, 0.25) is 0 Å². The molecule has 1 aliphatic heterocycles. The molecule has 0 radical (unpaired) electrons. The summed E-state index contributed by atoms with van der Waals surface area (Å²) in [7, 11) is 0. The first-order valence-electron chi connectivity index (χ1n) is 7.39. The van der Waals surface area contributed by atoms with Crippen LogP contribution in [0.15, 0.2) is 24.3 Å². The first-order valence-corrected chi connectivity index (χ1v) is 7.39. The highest BCUT2D eigenvalue weighted by Crippen LogP contribution is 2.22. The average Bonchev–Trinajstić information content (AvgIpc) is 3.10. The van der Waals surface area contributed by atoms with Crippen molar-refractivity contribution in [3.8, 4) is 0 Å². The second-order valence-corrected chi connectivity index (χ2v) is 5.83. The monoisotopic (exact) mass is 244 g/mol. The van der Waals surface area contributed by atoms with Crippen LogP contribution in [0, 0.1) is 0 Å². The van der Waals surface area contributed by atoms with E-state index in [0.29, 0.717) is 0 Å². The molecular weight excluding hydrogens is 220 g/mol. The lowest BCUT2D eigenvalue weighted by Crippen LogP contribution is -2.33. The molecule has 1 aromatic carbocycles. The van der Waals surface area contributed by atoms with Crippen LogP contribution in [0.5, 0.6) is 0 Å². The molecule has 1 aromatic rings. The summed E-state index contributed by atoms with van der Waals surface area (Å²) in [6, 6.07) is 10.7. The second kappa shape index (κ2) is 5.41. The van der Waals surface area contributed by atoms with Crippen molar-refractivity contribution >= 4 is 0 Å². The summed E-state index contributed by atoms with van der Waals surface area (Å²) < 4.78 is 0. The molecule has 1 heterocycles. The van der Waals surface area contributed by atoms with E-state index in [0.717, 1.165) is 25.0 Å². The van der Waals surface area contributed by atoms with Gasteiger partial charge in [0.05, 0.1) is 0 Å². The molecule has 1 N–H and O–H groups in total. The van der Waals surface area contributed by atoms with Gasteiger partial charge >= 0.3 is 0 Å². The Morgan fingerprint density at radius 1 is 1.06 bits per heavy atom. The Morgan fingerprint density at radius 2 is 1.78 bits per heavy atom. The first kappa shape index (κ1) is 12.2. The van der Waals surface area contributed by atoms with Gasteiger partial charge in [-0.1, -0.05) is 31.2 Å². The van der Waals surface area contributed by atoms with Gasteiger partial charge in [0.25, 0.3) is 0 Å². The SMILES string of the molecule is CCc1ccc(CN2CCC(NC3CC3)C2)cc1. The molecule has 2 fully saturated rings. The molecule has 1 saturated carbocycles. The van der Waals surface area contributed by atoms with Crippen LogP contribution in [-0.4, -0.2) is 30.1 Å². The van der Waals surface area contributed by atoms with Crippen molar-refractivity contribution in [2.45, 2.75) is 51.2 Å². The number of nitrogens with one attached hydrogen (secondary N) is 1. The summed E-state index contributed by atoms with van der Waals surface area (Å²) >= 11 is 0. The molecule has 1 unspecified atom stereocenters. The lowest BCUT2D eigenvalue weighted by Gasteiger charge is -2.16. The van der Waals surface area contributed by atoms with Gasteiger partial charge in [-0.25, -0.2) is 0 Å². The highest BCUT2D eigenvalue weighted by atomic mass is 15.2. The van der Waals surface area contributed by atoms with Crippen molar-refractivity contribution in [2.24, 2.45) is 0 Å². The van der Waals surface area contributed by atoms with Gasteiger partial charge < -0.3 is 5.32 Å². The number of likely N-dealkylation sites (tertiary alicyclic amines) is 1. The fourth-order valence-corrected chi connectivity index (χ4v) is 2.83. The third kappa shape index (κ3) is 3.12. The molecule has 2 heteroatoms. The second-order valence-electron chi connectivity index (χ2n) is 5.83. The third-order valence-electron chi connectivity index (χ3n) is 4.16. The molecule has 1 aliphatic carbocycles. The Hall–Kier alpha value is -0.860. The maximum absolute atomic E-state index is 3.75. The zero-order valence-corrected chi connectivity index (χ0v) is 11.4. The standard InChI is InChI=1S/C16H24N2/c1-2-13-3-5-14(6-4-13)11-18-10-9-16(12-18)17-15-7-8-15/h3-6,15-17H,2,7-12H2,1H3. The Kier molecular flexibility index (Phi) is 3.67. The van der Waals surface area contributed by atoms with Crippen LogP contribution in [0.1, 0.15) is 37.3 Å². The molecule has 1 atom stereocenters. The topological polar surface area (TPSA) is 15.3 Å². The predicted octanol–water partition coefficient (Wildman–Crippen LogP) is 2.58. The molecule has 0 amide bonds. The summed E-state index contributed by atoms with van der Waals surface area (Å²) in [4.78, 5) is 2.58. The van der Waals surface area contributed by atoms with E-state index in [-0.39, 0.29) is 0 Å². The van der Waals surface area contributed by atoms with E-state index < -0.39 is 0 Å². The van der Waals surface area contributed by atoms with Crippen LogP contribution in [0.25, 0.3) is 0 Å². The maximum atomic E-state index is 3.75. The normalized spacial score (nSPS) is 24.6. The number of rotatable bonds is 5. The molecule has 18 heavy (non-hydrogen) atoms. The Morgan fingerprint density at radius 3 is 2.44 bits per heavy atom. The van der Waals surface area contributed by atoms with Gasteiger partial charge in [-0.15, -0.1) is 0 Å². The number of hydrogen-bond donors (Lipinski definition) is 1. The molecule has 0 aromatic heterocycles. The van der Waals surface area contributed by atoms with Gasteiger partial charge in [-0.3, -0.25) is 4.90 Å². The van der Waals surface area contributed by atoms with Crippen LogP contribution in [0.4, 0.5) is 0 Å². The minimum absolute atomic E-state index is 0.743. The number of nitrogens with zero attached hydrogens (tertiary/aromatic N) is 1. The molecule has 2 aliphatic rings. The van der Waals surface area contributed by atoms with Crippen molar-refractivity contribution in [2.75, 3.05) is 13.1 Å². The number of hydrogen-bond acceptors (Lipinski definition) is 2. The van der Waals surface area contributed by atoms with Crippen molar-refractivity contribution in [1.29, 1.82) is 0 Å². The van der Waals surface area contributed by atoms with Gasteiger partial charge in [0.15, 0.2) is 0 Å². The molecule has 1 saturated heterocycles. The van der Waals surface area contributed by atoms with Gasteiger partial charge in [-0.05, 0) is 36.8 Å². The van der Waals surface area contributed by atoms with Gasteiger partial charge in [0, 0.05) is 31.7 Å². The fourth-order valence-electron chi connectivity index (χ4n) is 2.83. The largest absolute Gasteiger partial charge is 0.310 e. The Balaban J connectivity index is 1.49. The van der Waals surface area contributed by atoms with E-state index >= 15 is 0 Å². The smallest absolute Gasteiger partial charge is 0.0234 e. The van der Waals surface area contributed by atoms with Crippen molar-refractivity contribution in [3.05, 3.63) is 35.4 Å². The molecule has 0 bridgehead atoms. The lowest BCUT2D eigenvalue weighted by molar-refractivity contribution is 0.320. The summed E-state index contributed by atoms with van der Waals surface area (Å²) in [5, 5.41) is 3.75. The third-order valence-corrected chi connectivity index (χ3v) is 4.16. The van der Waals surface area contributed by atoms with E-state index in [9.17, 15) is 0 Å². The van der Waals surface area contributed by atoms with Crippen LogP contribution in [0.3, 0.4) is 0 Å². The van der Waals surface area contributed by atoms with Crippen molar-refractivity contribution < 1.29 is 0 Å². The minimum atomic E-state index is 0.743. The lowest BCUT2D eigenvalue weighted by atomic mass is 10.1. The predicted molar refractivity (Wildman–Crippen MR) is 75.7 cm³/mol. The van der Waals surface area contributed by atoms with E-state index in [4.69, 9.17) is 0 Å². The average molecular weight is 244 g/mol. The van der Waals surface area contributed by atoms with Crippen LogP contribution >= 0.6 is 0 Å². The highest BCUT2D eigenvalue weighted by molar-refractivity contribution is 5.22. The van der Waals surface area contributed by atoms with Crippen molar-refractivity contribution in [3.63, 3.8) is 0 Å². The molecule has 2 nitrogen and oxygen atoms in total. The maximum Gasteiger partial charge on any atom is 0.0234 e. The fraction of sp³-hybridized carbons (Fsp3) is 0.625. The van der Waals surface area contributed by atoms with E-state index in [1.807, 2.05) is 0 Å². The minimum Gasteiger partial charge on any atom is -0.310 e. The van der Waals surface area contributed by atoms with E-state index in [1.165, 1.54) is 43.5 Å². The van der Waals surface area contributed by atoms with E-state index in [1.54, 1.807) is 0 Å². The zero-order chi connectivity index (χ0) is 12.4. The first-order chi connectivity index (χ1) is 8.83. The van der Waals surface area contributed by atoms with Crippen molar-refractivity contribution in [1.82, 2.24) is 10.2 Å². The number of aryl methyl sites for hydroxylation is 1. The highest BCUT2D eigenvalue weighted by Gasteiger charge is 2.28. The summed E-state index contributed by atoms with van der Waals surface area (Å²) in [6.07, 6.45) is 5.25. The molecule has 0 spiro atoms. The summed E-state index contributed by atoms with van der Waals surface area (Å²) in [5.74, 6) is 0. The van der Waals surface area contributed by atoms with Crippen LogP contribution in [-0.2, 0) is 13.0 Å². The summed E-state index contributed by atoms with van der Waals surface area (Å²) in [6.45, 7) is 5.81. The van der Waals surface area contributed by atoms with Gasteiger partial charge in [0.1, 0.15) is 0 Å². The Labute approximate surface area is 110 Å². The Bertz CT molecular complexity index is 381. The zero-order valence-electron chi connectivity index (χ0n) is 11.4. The van der Waals surface area contributed by atoms with E-state index in [2.05, 4.69) is 41.4 Å². The summed E-state index contributed by atoms with van der Waals surface area (Å²) in [5.41, 5.74) is 2.90. The van der Waals surface area contributed by atoms with Gasteiger partial charge in [0.2, 0.25) is 0 Å². The molecular formula is C16H24N2. The molecule has 98 valence electrons. The quantitative estimate of drug-likeness (QED) is 0.856.